The number of ether oxygens (including phenoxy) is 1. The molecule has 0 unspecified atom stereocenters. The number of hydrazine groups is 1. The van der Waals surface area contributed by atoms with Gasteiger partial charge in [0.05, 0.1) is 6.61 Å². The zero-order valence-electron chi connectivity index (χ0n) is 25.3. The van der Waals surface area contributed by atoms with E-state index in [0.717, 1.165) is 44.9 Å². The van der Waals surface area contributed by atoms with Crippen LogP contribution in [-0.2, 0) is 9.53 Å². The fourth-order valence-electron chi connectivity index (χ4n) is 4.45. The van der Waals surface area contributed by atoms with Crippen LogP contribution < -0.4 is 21.4 Å². The molecule has 5 N–H and O–H groups in total. The highest BCUT2D eigenvalue weighted by Gasteiger charge is 2.21. The lowest BCUT2D eigenvalue weighted by Crippen LogP contribution is -2.47. The third kappa shape index (κ3) is 25.7. The number of nitrogens with one attached hydrogen (secondary N) is 5. The van der Waals surface area contributed by atoms with Gasteiger partial charge in [-0.2, -0.15) is 0 Å². The normalized spacial score (nSPS) is 11.4. The Morgan fingerprint density at radius 3 is 1.73 bits per heavy atom. The number of rotatable bonds is 27. The van der Waals surface area contributed by atoms with E-state index in [0.29, 0.717) is 26.0 Å². The summed E-state index contributed by atoms with van der Waals surface area (Å²) in [5.74, 6) is -0.703. The summed E-state index contributed by atoms with van der Waals surface area (Å²) in [6.45, 7) is 5.48. The van der Waals surface area contributed by atoms with Crippen LogP contribution in [0.3, 0.4) is 0 Å². The van der Waals surface area contributed by atoms with Crippen molar-refractivity contribution in [2.24, 2.45) is 0 Å². The van der Waals surface area contributed by atoms with Gasteiger partial charge in [0.2, 0.25) is 5.91 Å². The van der Waals surface area contributed by atoms with Crippen LogP contribution in [0.25, 0.3) is 0 Å². The van der Waals surface area contributed by atoms with E-state index in [9.17, 15) is 19.7 Å². The molecule has 0 radical (unpaired) electrons. The Kier molecular flexibility index (Phi) is 26.1. The average molecular weight is 571 g/mol. The molecule has 11 heteroatoms. The number of nitrogens with zero attached hydrogens (tertiary/aromatic N) is 1. The molecule has 0 aromatic carbocycles. The molecule has 0 aromatic heterocycles. The first kappa shape index (κ1) is 37.4. The molecular weight excluding hydrogens is 512 g/mol. The minimum atomic E-state index is -0.820. The van der Waals surface area contributed by atoms with Crippen LogP contribution in [0.1, 0.15) is 142 Å². The molecule has 40 heavy (non-hydrogen) atoms. The second-order valence-electron chi connectivity index (χ2n) is 10.6. The number of hydrogen-bond donors (Lipinski definition) is 5. The molecule has 1 atom stereocenters. The van der Waals surface area contributed by atoms with E-state index in [1.165, 1.54) is 70.6 Å². The third-order valence-electron chi connectivity index (χ3n) is 6.84. The van der Waals surface area contributed by atoms with Crippen molar-refractivity contribution in [3.8, 4) is 0 Å². The van der Waals surface area contributed by atoms with Gasteiger partial charge < -0.3 is 20.7 Å². The Labute approximate surface area is 242 Å². The molecule has 0 aliphatic rings. The van der Waals surface area contributed by atoms with Gasteiger partial charge in [0, 0.05) is 13.1 Å². The molecule has 234 valence electrons. The van der Waals surface area contributed by atoms with E-state index < -0.39 is 23.1 Å². The lowest BCUT2D eigenvalue weighted by atomic mass is 10.0. The topological polar surface area (TPSA) is 158 Å². The maximum Gasteiger partial charge on any atom is 0.407 e. The molecule has 0 spiro atoms. The predicted molar refractivity (Wildman–Crippen MR) is 161 cm³/mol. The summed E-state index contributed by atoms with van der Waals surface area (Å²) in [6.07, 6.45) is 21.9. The summed E-state index contributed by atoms with van der Waals surface area (Å²) in [5.41, 5.74) is 1.72. The molecule has 0 aliphatic heterocycles. The smallest absolute Gasteiger partial charge is 0.407 e. The van der Waals surface area contributed by atoms with Gasteiger partial charge in [-0.25, -0.2) is 14.9 Å². The molecule has 0 saturated carbocycles. The second kappa shape index (κ2) is 28.0. The van der Waals surface area contributed by atoms with Gasteiger partial charge in [-0.3, -0.25) is 10.2 Å². The monoisotopic (exact) mass is 570 g/mol. The Morgan fingerprint density at radius 2 is 1.20 bits per heavy atom. The molecule has 0 aliphatic carbocycles. The number of hydrogen-bond acceptors (Lipinski definition) is 6. The van der Waals surface area contributed by atoms with Crippen LogP contribution in [0.2, 0.25) is 0 Å². The van der Waals surface area contributed by atoms with Crippen LogP contribution in [0, 0.1) is 15.5 Å². The largest absolute Gasteiger partial charge is 0.450 e. The number of amides is 2. The maximum absolute atomic E-state index is 12.7. The predicted octanol–water partition coefficient (Wildman–Crippen LogP) is 6.34. The fraction of sp³-hybridized carbons (Fsp3) is 0.897. The van der Waals surface area contributed by atoms with E-state index in [2.05, 4.69) is 29.8 Å². The first-order valence-corrected chi connectivity index (χ1v) is 15.8. The standard InChI is InChI=1S/C29H58N6O5/c1-3-5-7-9-10-11-12-13-14-15-16-17-18-20-25-40-29(37)33-26(27(36)31-23-19-8-6-4-2)22-21-24-32-28(30)34-35(38)39/h26H,3-25H2,1-2H3,(H,31,36)(H,33,37)(H3,30,32,34)/t26-/m0/s1. The number of unbranched alkanes of at least 4 members (excludes halogenated alkanes) is 16. The highest BCUT2D eigenvalue weighted by atomic mass is 16.7. The molecule has 0 heterocycles. The Bertz CT molecular complexity index is 665. The first-order valence-electron chi connectivity index (χ1n) is 15.8. The van der Waals surface area contributed by atoms with Gasteiger partial charge in [0.25, 0.3) is 5.96 Å². The van der Waals surface area contributed by atoms with E-state index in [1.807, 2.05) is 0 Å². The van der Waals surface area contributed by atoms with Crippen molar-refractivity contribution in [1.82, 2.24) is 21.4 Å². The number of alkyl carbamates (subject to hydrolysis) is 1. The van der Waals surface area contributed by atoms with Crippen molar-refractivity contribution in [3.63, 3.8) is 0 Å². The Hall–Kier alpha value is -2.59. The number of carbonyl (C=O) groups excluding carboxylic acids is 2. The molecule has 0 bridgehead atoms. The number of carbonyl (C=O) groups is 2. The summed E-state index contributed by atoms with van der Waals surface area (Å²) in [6, 6.07) is -0.769. The zero-order valence-corrected chi connectivity index (χ0v) is 25.3. The molecule has 0 fully saturated rings. The highest BCUT2D eigenvalue weighted by molar-refractivity contribution is 5.85. The minimum Gasteiger partial charge on any atom is -0.450 e. The number of guanidine groups is 1. The van der Waals surface area contributed by atoms with Crippen molar-refractivity contribution >= 4 is 18.0 Å². The van der Waals surface area contributed by atoms with Gasteiger partial charge >= 0.3 is 6.09 Å². The number of nitro groups is 1. The third-order valence-corrected chi connectivity index (χ3v) is 6.84. The highest BCUT2D eigenvalue weighted by Crippen LogP contribution is 2.13. The zero-order chi connectivity index (χ0) is 29.7. The molecule has 0 saturated heterocycles. The second-order valence-corrected chi connectivity index (χ2v) is 10.6. The summed E-state index contributed by atoms with van der Waals surface area (Å²) >= 11 is 0. The van der Waals surface area contributed by atoms with Gasteiger partial charge in [0.15, 0.2) is 5.03 Å². The maximum atomic E-state index is 12.7. The van der Waals surface area contributed by atoms with Gasteiger partial charge in [-0.15, -0.1) is 0 Å². The van der Waals surface area contributed by atoms with E-state index in [1.54, 1.807) is 5.43 Å². The van der Waals surface area contributed by atoms with Gasteiger partial charge in [0.1, 0.15) is 6.04 Å². The van der Waals surface area contributed by atoms with Gasteiger partial charge in [-0.05, 0) is 25.7 Å². The van der Waals surface area contributed by atoms with Crippen LogP contribution in [0.15, 0.2) is 0 Å². The first-order chi connectivity index (χ1) is 19.4. The summed E-state index contributed by atoms with van der Waals surface area (Å²) < 4.78 is 5.31. The van der Waals surface area contributed by atoms with E-state index in [4.69, 9.17) is 10.1 Å². The molecular formula is C29H58N6O5. The summed E-state index contributed by atoms with van der Waals surface area (Å²) in [7, 11) is 0. The summed E-state index contributed by atoms with van der Waals surface area (Å²) in [5, 5.41) is 25.1. The molecule has 2 amide bonds. The van der Waals surface area contributed by atoms with Gasteiger partial charge in [-0.1, -0.05) is 122 Å². The van der Waals surface area contributed by atoms with E-state index >= 15 is 0 Å². The summed E-state index contributed by atoms with van der Waals surface area (Å²) in [4.78, 5) is 35.3. The van der Waals surface area contributed by atoms with E-state index in [-0.39, 0.29) is 12.5 Å². The molecule has 11 nitrogen and oxygen atoms in total. The quantitative estimate of drug-likeness (QED) is 0.0253. The average Bonchev–Trinajstić information content (AvgIpc) is 2.91. The van der Waals surface area contributed by atoms with Crippen molar-refractivity contribution in [2.45, 2.75) is 148 Å². The van der Waals surface area contributed by atoms with Crippen molar-refractivity contribution in [1.29, 1.82) is 5.41 Å². The Balaban J connectivity index is 4.08. The van der Waals surface area contributed by atoms with Crippen LogP contribution >= 0.6 is 0 Å². The Morgan fingerprint density at radius 1 is 0.725 bits per heavy atom. The molecule has 0 aromatic rings. The van der Waals surface area contributed by atoms with Crippen LogP contribution in [-0.4, -0.2) is 48.7 Å². The lowest BCUT2D eigenvalue weighted by molar-refractivity contribution is -0.525. The fourth-order valence-corrected chi connectivity index (χ4v) is 4.45. The van der Waals surface area contributed by atoms with Crippen LogP contribution in [0.4, 0.5) is 4.79 Å². The van der Waals surface area contributed by atoms with Crippen LogP contribution in [0.5, 0.6) is 0 Å². The van der Waals surface area contributed by atoms with Crippen molar-refractivity contribution in [2.75, 3.05) is 19.7 Å². The van der Waals surface area contributed by atoms with Crippen molar-refractivity contribution in [3.05, 3.63) is 10.1 Å². The van der Waals surface area contributed by atoms with Crippen molar-refractivity contribution < 1.29 is 19.4 Å². The minimum absolute atomic E-state index is 0.246. The molecule has 0 rings (SSSR count). The SMILES string of the molecule is CCCCCCCCCCCCCCCCOC(=O)N[C@@H](CCCNC(=N)N[N+](=O)[O-])C(=O)NCCCCCC. The lowest BCUT2D eigenvalue weighted by Gasteiger charge is -2.18.